The van der Waals surface area contributed by atoms with Gasteiger partial charge in [-0.3, -0.25) is 4.79 Å². The Morgan fingerprint density at radius 2 is 1.54 bits per heavy atom. The molecule has 0 aromatic carbocycles. The summed E-state index contributed by atoms with van der Waals surface area (Å²) in [7, 11) is 0. The summed E-state index contributed by atoms with van der Waals surface area (Å²) < 4.78 is 5.63. The predicted molar refractivity (Wildman–Crippen MR) is 101 cm³/mol. The molecular formula is C22H40O2. The second kappa shape index (κ2) is 11.2. The third-order valence-corrected chi connectivity index (χ3v) is 6.42. The second-order valence-electron chi connectivity index (χ2n) is 8.65. The Balaban J connectivity index is 1.51. The molecule has 0 bridgehead atoms. The molecule has 2 nitrogen and oxygen atoms in total. The van der Waals surface area contributed by atoms with Crippen molar-refractivity contribution in [1.82, 2.24) is 0 Å². The van der Waals surface area contributed by atoms with Crippen molar-refractivity contribution >= 4 is 5.97 Å². The van der Waals surface area contributed by atoms with E-state index in [1.807, 2.05) is 0 Å². The molecule has 2 rings (SSSR count). The van der Waals surface area contributed by atoms with Gasteiger partial charge < -0.3 is 4.74 Å². The zero-order valence-electron chi connectivity index (χ0n) is 16.2. The molecule has 0 saturated heterocycles. The Bertz CT molecular complexity index is 338. The zero-order valence-corrected chi connectivity index (χ0v) is 16.2. The minimum absolute atomic E-state index is 0.0498. The molecule has 24 heavy (non-hydrogen) atoms. The molecule has 0 radical (unpaired) electrons. The van der Waals surface area contributed by atoms with Crippen LogP contribution in [0.1, 0.15) is 110 Å². The highest BCUT2D eigenvalue weighted by atomic mass is 16.5. The molecule has 0 aromatic heterocycles. The molecule has 1 atom stereocenters. The van der Waals surface area contributed by atoms with Crippen molar-refractivity contribution in [2.75, 3.05) is 0 Å². The molecule has 1 unspecified atom stereocenters. The first-order valence-corrected chi connectivity index (χ1v) is 10.9. The molecule has 0 heterocycles. The van der Waals surface area contributed by atoms with Crippen LogP contribution in [-0.4, -0.2) is 12.1 Å². The fourth-order valence-electron chi connectivity index (χ4n) is 4.67. The minimum Gasteiger partial charge on any atom is -0.462 e. The van der Waals surface area contributed by atoms with Crippen LogP contribution in [0.25, 0.3) is 0 Å². The lowest BCUT2D eigenvalue weighted by Gasteiger charge is -2.29. The Morgan fingerprint density at radius 3 is 2.17 bits per heavy atom. The van der Waals surface area contributed by atoms with Gasteiger partial charge in [0.1, 0.15) is 6.10 Å². The third kappa shape index (κ3) is 7.57. The normalized spacial score (nSPS) is 26.9. The van der Waals surface area contributed by atoms with Crippen LogP contribution in [0.5, 0.6) is 0 Å². The maximum atomic E-state index is 12.0. The van der Waals surface area contributed by atoms with Crippen LogP contribution in [-0.2, 0) is 9.53 Å². The van der Waals surface area contributed by atoms with Gasteiger partial charge in [0.25, 0.3) is 0 Å². The number of hydrogen-bond donors (Lipinski definition) is 0. The molecule has 2 aliphatic carbocycles. The largest absolute Gasteiger partial charge is 0.462 e. The summed E-state index contributed by atoms with van der Waals surface area (Å²) in [6.45, 7) is 4.63. The molecule has 2 heteroatoms. The molecule has 140 valence electrons. The molecule has 0 spiro atoms. The third-order valence-electron chi connectivity index (χ3n) is 6.42. The molecule has 0 N–H and O–H groups in total. The molecule has 0 aliphatic heterocycles. The van der Waals surface area contributed by atoms with Crippen LogP contribution in [0, 0.1) is 17.8 Å². The highest BCUT2D eigenvalue weighted by Gasteiger charge is 2.21. The topological polar surface area (TPSA) is 26.3 Å². The number of ether oxygens (including phenoxy) is 1. The SMILES string of the molecule is CCC[C@H]1CC[C@H](CCC(C)CCC(=O)OC2CCCCC2)CC1. The van der Waals surface area contributed by atoms with Crippen molar-refractivity contribution in [3.63, 3.8) is 0 Å². The smallest absolute Gasteiger partial charge is 0.306 e. The van der Waals surface area contributed by atoms with E-state index in [0.717, 1.165) is 31.1 Å². The Hall–Kier alpha value is -0.530. The van der Waals surface area contributed by atoms with E-state index >= 15 is 0 Å². The van der Waals surface area contributed by atoms with Crippen LogP contribution >= 0.6 is 0 Å². The molecule has 2 fully saturated rings. The van der Waals surface area contributed by atoms with Crippen LogP contribution in [0.4, 0.5) is 0 Å². The predicted octanol–water partition coefficient (Wildman–Crippen LogP) is 6.67. The van der Waals surface area contributed by atoms with Gasteiger partial charge in [0.2, 0.25) is 0 Å². The molecule has 0 amide bonds. The summed E-state index contributed by atoms with van der Waals surface area (Å²) in [6.07, 6.45) is 19.1. The van der Waals surface area contributed by atoms with Crippen molar-refractivity contribution in [3.8, 4) is 0 Å². The maximum Gasteiger partial charge on any atom is 0.306 e. The van der Waals surface area contributed by atoms with Gasteiger partial charge in [-0.15, -0.1) is 0 Å². The van der Waals surface area contributed by atoms with E-state index in [1.165, 1.54) is 70.6 Å². The first-order chi connectivity index (χ1) is 11.7. The van der Waals surface area contributed by atoms with Gasteiger partial charge in [0.05, 0.1) is 0 Å². The van der Waals surface area contributed by atoms with Crippen molar-refractivity contribution in [3.05, 3.63) is 0 Å². The fraction of sp³-hybridized carbons (Fsp3) is 0.955. The van der Waals surface area contributed by atoms with Crippen molar-refractivity contribution in [2.45, 2.75) is 116 Å². The summed E-state index contributed by atoms with van der Waals surface area (Å²) in [6, 6.07) is 0. The van der Waals surface area contributed by atoms with Gasteiger partial charge in [-0.05, 0) is 49.9 Å². The minimum atomic E-state index is 0.0498. The molecule has 2 aliphatic rings. The van der Waals surface area contributed by atoms with Gasteiger partial charge >= 0.3 is 5.97 Å². The number of esters is 1. The summed E-state index contributed by atoms with van der Waals surface area (Å²) >= 11 is 0. The van der Waals surface area contributed by atoms with Crippen molar-refractivity contribution in [2.24, 2.45) is 17.8 Å². The number of carbonyl (C=O) groups excluding carboxylic acids is 1. The van der Waals surface area contributed by atoms with E-state index in [-0.39, 0.29) is 12.1 Å². The summed E-state index contributed by atoms with van der Waals surface area (Å²) in [5.74, 6) is 2.68. The van der Waals surface area contributed by atoms with Crippen molar-refractivity contribution < 1.29 is 9.53 Å². The second-order valence-corrected chi connectivity index (χ2v) is 8.65. The quantitative estimate of drug-likeness (QED) is 0.440. The van der Waals surface area contributed by atoms with Gasteiger partial charge in [-0.25, -0.2) is 0 Å². The standard InChI is InChI=1S/C22H40O2/c1-3-7-19-13-15-20(16-14-19)12-10-18(2)11-17-22(23)24-21-8-5-4-6-9-21/h18-21H,3-17H2,1-2H3/t18?,19-,20-. The van der Waals surface area contributed by atoms with Crippen LogP contribution in [0.2, 0.25) is 0 Å². The van der Waals surface area contributed by atoms with E-state index in [1.54, 1.807) is 0 Å². The number of rotatable bonds is 9. The maximum absolute atomic E-state index is 12.0. The lowest BCUT2D eigenvalue weighted by molar-refractivity contribution is -0.150. The van der Waals surface area contributed by atoms with Gasteiger partial charge in [-0.2, -0.15) is 0 Å². The molecule has 0 aromatic rings. The van der Waals surface area contributed by atoms with Gasteiger partial charge in [0.15, 0.2) is 0 Å². The highest BCUT2D eigenvalue weighted by molar-refractivity contribution is 5.69. The molecule has 2 saturated carbocycles. The van der Waals surface area contributed by atoms with E-state index in [0.29, 0.717) is 12.3 Å². The summed E-state index contributed by atoms with van der Waals surface area (Å²) in [4.78, 5) is 12.0. The summed E-state index contributed by atoms with van der Waals surface area (Å²) in [5, 5.41) is 0. The van der Waals surface area contributed by atoms with E-state index in [4.69, 9.17) is 4.74 Å². The Morgan fingerprint density at radius 1 is 0.917 bits per heavy atom. The lowest BCUT2D eigenvalue weighted by Crippen LogP contribution is -2.21. The monoisotopic (exact) mass is 336 g/mol. The zero-order chi connectivity index (χ0) is 17.2. The average molecular weight is 337 g/mol. The average Bonchev–Trinajstić information content (AvgIpc) is 2.60. The summed E-state index contributed by atoms with van der Waals surface area (Å²) in [5.41, 5.74) is 0. The van der Waals surface area contributed by atoms with Crippen LogP contribution < -0.4 is 0 Å². The Kier molecular flexibility index (Phi) is 9.20. The van der Waals surface area contributed by atoms with Gasteiger partial charge in [0, 0.05) is 6.42 Å². The Labute approximate surface area is 150 Å². The number of carbonyl (C=O) groups is 1. The van der Waals surface area contributed by atoms with E-state index in [2.05, 4.69) is 13.8 Å². The van der Waals surface area contributed by atoms with Gasteiger partial charge in [-0.1, -0.05) is 71.6 Å². The first-order valence-electron chi connectivity index (χ1n) is 10.9. The van der Waals surface area contributed by atoms with E-state index < -0.39 is 0 Å². The highest BCUT2D eigenvalue weighted by Crippen LogP contribution is 2.34. The van der Waals surface area contributed by atoms with E-state index in [9.17, 15) is 4.79 Å². The van der Waals surface area contributed by atoms with Crippen LogP contribution in [0.3, 0.4) is 0 Å². The fourth-order valence-corrected chi connectivity index (χ4v) is 4.67. The lowest BCUT2D eigenvalue weighted by atomic mass is 9.77. The number of hydrogen-bond acceptors (Lipinski definition) is 2. The van der Waals surface area contributed by atoms with Crippen molar-refractivity contribution in [1.29, 1.82) is 0 Å². The van der Waals surface area contributed by atoms with Crippen LogP contribution in [0.15, 0.2) is 0 Å². The molecular weight excluding hydrogens is 296 g/mol. The first kappa shape index (κ1) is 19.8.